The number of aliphatic hydroxyl groups excluding tert-OH is 1. The van der Waals surface area contributed by atoms with E-state index in [-0.39, 0.29) is 41.8 Å². The van der Waals surface area contributed by atoms with Gasteiger partial charge in [-0.25, -0.2) is 8.78 Å². The van der Waals surface area contributed by atoms with Crippen molar-refractivity contribution < 1.29 is 18.3 Å². The Morgan fingerprint density at radius 2 is 1.76 bits per heavy atom. The Kier molecular flexibility index (Phi) is 4.90. The zero-order chi connectivity index (χ0) is 17.8. The van der Waals surface area contributed by atoms with Gasteiger partial charge in [0.1, 0.15) is 29.7 Å². The van der Waals surface area contributed by atoms with Crippen LogP contribution in [0.15, 0.2) is 59.0 Å². The van der Waals surface area contributed by atoms with Crippen molar-refractivity contribution in [2.45, 2.75) is 13.2 Å². The van der Waals surface area contributed by atoms with Gasteiger partial charge in [-0.2, -0.15) is 0 Å². The van der Waals surface area contributed by atoms with Gasteiger partial charge in [0.2, 0.25) is 0 Å². The lowest BCUT2D eigenvalue weighted by Gasteiger charge is -2.13. The molecule has 0 atom stereocenters. The van der Waals surface area contributed by atoms with Crippen molar-refractivity contribution in [3.05, 3.63) is 88.9 Å². The number of anilines is 1. The number of benzene rings is 2. The van der Waals surface area contributed by atoms with Gasteiger partial charge in [-0.1, -0.05) is 24.3 Å². The van der Waals surface area contributed by atoms with Crippen LogP contribution in [0.1, 0.15) is 22.6 Å². The summed E-state index contributed by atoms with van der Waals surface area (Å²) in [5.74, 6) is -0.521. The van der Waals surface area contributed by atoms with Gasteiger partial charge in [-0.05, 0) is 30.3 Å². The van der Waals surface area contributed by atoms with E-state index < -0.39 is 5.82 Å². The van der Waals surface area contributed by atoms with E-state index in [9.17, 15) is 8.78 Å². The van der Waals surface area contributed by atoms with Crippen LogP contribution >= 0.6 is 0 Å². The molecule has 0 spiro atoms. The molecule has 4 nitrogen and oxygen atoms in total. The molecule has 0 fully saturated rings. The lowest BCUT2D eigenvalue weighted by atomic mass is 10.0. The average Bonchev–Trinajstić information content (AvgIpc) is 3.10. The molecular formula is C19H16F2N2O2. The number of aliphatic hydroxyl groups is 1. The van der Waals surface area contributed by atoms with Crippen molar-refractivity contribution in [2.75, 3.05) is 5.32 Å². The number of rotatable bonds is 6. The highest BCUT2D eigenvalue weighted by Gasteiger charge is 2.18. The van der Waals surface area contributed by atoms with Gasteiger partial charge in [0, 0.05) is 17.8 Å². The summed E-state index contributed by atoms with van der Waals surface area (Å²) in [7, 11) is 0. The highest BCUT2D eigenvalue weighted by molar-refractivity contribution is 6.12. The molecule has 0 saturated heterocycles. The highest BCUT2D eigenvalue weighted by Crippen LogP contribution is 2.24. The minimum absolute atomic E-state index is 0.0256. The molecular weight excluding hydrogens is 326 g/mol. The topological polar surface area (TPSA) is 69.2 Å². The Hall–Kier alpha value is -2.99. The summed E-state index contributed by atoms with van der Waals surface area (Å²) in [6, 6.07) is 13.7. The first-order valence-electron chi connectivity index (χ1n) is 7.65. The third kappa shape index (κ3) is 3.59. The third-order valence-corrected chi connectivity index (χ3v) is 3.75. The van der Waals surface area contributed by atoms with E-state index in [4.69, 9.17) is 14.9 Å². The Morgan fingerprint density at radius 1 is 1.00 bits per heavy atom. The van der Waals surface area contributed by atoms with Gasteiger partial charge in [-0.3, -0.25) is 5.41 Å². The predicted molar refractivity (Wildman–Crippen MR) is 90.7 cm³/mol. The molecule has 0 bridgehead atoms. The van der Waals surface area contributed by atoms with Crippen molar-refractivity contribution in [1.29, 1.82) is 5.41 Å². The van der Waals surface area contributed by atoms with Crippen LogP contribution in [0.4, 0.5) is 14.5 Å². The SMILES string of the molecule is N=C(c1ccc(CO)o1)c1c(F)cccc1NCc1ccccc1F. The molecule has 1 heterocycles. The largest absolute Gasteiger partial charge is 0.457 e. The number of halogens is 2. The molecule has 3 aromatic rings. The van der Waals surface area contributed by atoms with Gasteiger partial charge in [-0.15, -0.1) is 0 Å². The Balaban J connectivity index is 1.89. The number of hydrogen-bond donors (Lipinski definition) is 3. The van der Waals surface area contributed by atoms with Crippen molar-refractivity contribution in [3.8, 4) is 0 Å². The molecule has 0 aliphatic heterocycles. The summed E-state index contributed by atoms with van der Waals surface area (Å²) in [6.45, 7) is -0.153. The standard InChI is InChI=1S/C19H16F2N2O2/c20-14-5-2-1-4-12(14)10-23-16-7-3-6-15(21)18(16)19(22)17-9-8-13(11-24)25-17/h1-9,22-24H,10-11H2. The first-order valence-corrected chi connectivity index (χ1v) is 7.65. The molecule has 0 saturated carbocycles. The molecule has 1 aromatic heterocycles. The van der Waals surface area contributed by atoms with Crippen LogP contribution in [0.25, 0.3) is 0 Å². The molecule has 3 rings (SSSR count). The highest BCUT2D eigenvalue weighted by atomic mass is 19.1. The van der Waals surface area contributed by atoms with Crippen molar-refractivity contribution >= 4 is 11.4 Å². The number of hydrogen-bond acceptors (Lipinski definition) is 4. The molecule has 0 unspecified atom stereocenters. The molecule has 3 N–H and O–H groups in total. The van der Waals surface area contributed by atoms with E-state index in [1.807, 2.05) is 0 Å². The second-order valence-corrected chi connectivity index (χ2v) is 5.41. The molecule has 0 aliphatic carbocycles. The van der Waals surface area contributed by atoms with Crippen molar-refractivity contribution in [2.24, 2.45) is 0 Å². The molecule has 2 aromatic carbocycles. The number of nitrogens with one attached hydrogen (secondary N) is 2. The predicted octanol–water partition coefficient (Wildman–Crippen LogP) is 4.08. The fourth-order valence-corrected chi connectivity index (χ4v) is 2.48. The normalized spacial score (nSPS) is 10.7. The monoisotopic (exact) mass is 342 g/mol. The molecule has 25 heavy (non-hydrogen) atoms. The summed E-state index contributed by atoms with van der Waals surface area (Å²) < 4.78 is 33.4. The van der Waals surface area contributed by atoms with Crippen molar-refractivity contribution in [3.63, 3.8) is 0 Å². The fourth-order valence-electron chi connectivity index (χ4n) is 2.48. The van der Waals surface area contributed by atoms with Crippen LogP contribution in [0.5, 0.6) is 0 Å². The van der Waals surface area contributed by atoms with Crippen LogP contribution < -0.4 is 5.32 Å². The van der Waals surface area contributed by atoms with Gasteiger partial charge in [0.05, 0.1) is 5.56 Å². The summed E-state index contributed by atoms with van der Waals surface area (Å²) in [5, 5.41) is 20.3. The second-order valence-electron chi connectivity index (χ2n) is 5.41. The van der Waals surface area contributed by atoms with E-state index >= 15 is 0 Å². The van der Waals surface area contributed by atoms with Crippen LogP contribution in [-0.2, 0) is 13.2 Å². The average molecular weight is 342 g/mol. The minimum Gasteiger partial charge on any atom is -0.457 e. The first-order chi connectivity index (χ1) is 12.1. The maximum Gasteiger partial charge on any atom is 0.152 e. The maximum absolute atomic E-state index is 14.3. The lowest BCUT2D eigenvalue weighted by Crippen LogP contribution is -2.10. The minimum atomic E-state index is -0.592. The summed E-state index contributed by atoms with van der Waals surface area (Å²) >= 11 is 0. The zero-order valence-electron chi connectivity index (χ0n) is 13.2. The molecule has 128 valence electrons. The fraction of sp³-hybridized carbons (Fsp3) is 0.105. The number of furan rings is 1. The third-order valence-electron chi connectivity index (χ3n) is 3.75. The lowest BCUT2D eigenvalue weighted by molar-refractivity contribution is 0.246. The summed E-state index contributed by atoms with van der Waals surface area (Å²) in [5.41, 5.74) is 0.659. The Labute approximate surface area is 143 Å². The maximum atomic E-state index is 14.3. The summed E-state index contributed by atoms with van der Waals surface area (Å²) in [4.78, 5) is 0. The van der Waals surface area contributed by atoms with E-state index in [2.05, 4.69) is 5.32 Å². The second kappa shape index (κ2) is 7.27. The van der Waals surface area contributed by atoms with Gasteiger partial charge in [0.25, 0.3) is 0 Å². The Bertz CT molecular complexity index is 906. The zero-order valence-corrected chi connectivity index (χ0v) is 13.2. The van der Waals surface area contributed by atoms with Crippen LogP contribution in [0.2, 0.25) is 0 Å². The van der Waals surface area contributed by atoms with E-state index in [0.29, 0.717) is 11.3 Å². The smallest absolute Gasteiger partial charge is 0.152 e. The van der Waals surface area contributed by atoms with Gasteiger partial charge < -0.3 is 14.8 Å². The van der Waals surface area contributed by atoms with E-state index in [1.54, 1.807) is 24.3 Å². The van der Waals surface area contributed by atoms with Crippen molar-refractivity contribution in [1.82, 2.24) is 0 Å². The molecule has 0 radical (unpaired) electrons. The first kappa shape index (κ1) is 16.9. The molecule has 0 amide bonds. The van der Waals surface area contributed by atoms with E-state index in [0.717, 1.165) is 0 Å². The van der Waals surface area contributed by atoms with Crippen LogP contribution in [-0.4, -0.2) is 10.8 Å². The Morgan fingerprint density at radius 3 is 2.48 bits per heavy atom. The van der Waals surface area contributed by atoms with Crippen LogP contribution in [0, 0.1) is 17.0 Å². The quantitative estimate of drug-likeness (QED) is 0.591. The molecule has 6 heteroatoms. The van der Waals surface area contributed by atoms with Gasteiger partial charge >= 0.3 is 0 Å². The molecule has 0 aliphatic rings. The van der Waals surface area contributed by atoms with Gasteiger partial charge in [0.15, 0.2) is 5.76 Å². The summed E-state index contributed by atoms with van der Waals surface area (Å²) in [6.07, 6.45) is 0. The van der Waals surface area contributed by atoms with Crippen LogP contribution in [0.3, 0.4) is 0 Å². The van der Waals surface area contributed by atoms with E-state index in [1.165, 1.54) is 30.3 Å².